The Balaban J connectivity index is 1.29. The molecule has 7 rings (SSSR count). The molecule has 2 aliphatic carbocycles. The molecule has 18 heteroatoms. The van der Waals surface area contributed by atoms with Crippen LogP contribution >= 0.6 is 0 Å². The van der Waals surface area contributed by atoms with E-state index in [1.807, 2.05) is 25.1 Å². The molecular formula is C40H50F3N5O9S. The number of pyridine rings is 1. The highest BCUT2D eigenvalue weighted by Crippen LogP contribution is 2.48. The fraction of sp³-hybridized carbons (Fsp3) is 0.625. The largest absolute Gasteiger partial charge is 0.492 e. The predicted molar refractivity (Wildman–Crippen MR) is 204 cm³/mol. The number of hydrogen-bond donors (Lipinski definition) is 3. The van der Waals surface area contributed by atoms with Crippen LogP contribution in [-0.4, -0.2) is 105 Å². The molecule has 2 saturated carbocycles. The van der Waals surface area contributed by atoms with Crippen molar-refractivity contribution < 1.29 is 55.3 Å². The summed E-state index contributed by atoms with van der Waals surface area (Å²) in [4.78, 5) is 62.1. The topological polar surface area (TPSA) is 185 Å². The number of rotatable bonds is 7. The molecule has 1 saturated heterocycles. The zero-order valence-electron chi connectivity index (χ0n) is 33.1. The van der Waals surface area contributed by atoms with Crippen LogP contribution in [0.1, 0.15) is 85.1 Å². The van der Waals surface area contributed by atoms with Crippen LogP contribution in [-0.2, 0) is 30.8 Å². The zero-order valence-corrected chi connectivity index (χ0v) is 33.9. The average Bonchev–Trinajstić information content (AvgIpc) is 3.91. The van der Waals surface area contributed by atoms with Gasteiger partial charge in [0.1, 0.15) is 35.0 Å². The van der Waals surface area contributed by atoms with Crippen molar-refractivity contribution >= 4 is 44.6 Å². The van der Waals surface area contributed by atoms with E-state index in [9.17, 15) is 41.1 Å². The third-order valence-electron chi connectivity index (χ3n) is 12.8. The molecule has 58 heavy (non-hydrogen) atoms. The van der Waals surface area contributed by atoms with E-state index in [0.29, 0.717) is 57.3 Å². The first kappa shape index (κ1) is 41.5. The van der Waals surface area contributed by atoms with Crippen molar-refractivity contribution in [2.75, 3.05) is 13.2 Å². The molecule has 3 N–H and O–H groups in total. The summed E-state index contributed by atoms with van der Waals surface area (Å²) < 4.78 is 83.8. The number of nitrogens with zero attached hydrogens (tertiary/aromatic N) is 3. The number of nitrogens with one attached hydrogen (secondary N) is 2. The Morgan fingerprint density at radius 2 is 1.84 bits per heavy atom. The maximum absolute atomic E-state index is 15.0. The number of hydrogen-bond acceptors (Lipinski definition) is 9. The Morgan fingerprint density at radius 1 is 1.12 bits per heavy atom. The lowest BCUT2D eigenvalue weighted by atomic mass is 9.85. The molecule has 4 heterocycles. The number of carboxylic acid groups (broad SMARTS) is 1. The first-order chi connectivity index (χ1) is 27.1. The lowest BCUT2D eigenvalue weighted by Gasteiger charge is -2.45. The second-order valence-corrected chi connectivity index (χ2v) is 19.7. The Bertz CT molecular complexity index is 2160. The van der Waals surface area contributed by atoms with E-state index in [0.717, 1.165) is 22.3 Å². The molecule has 0 spiro atoms. The van der Waals surface area contributed by atoms with Gasteiger partial charge in [0.25, 0.3) is 5.91 Å². The van der Waals surface area contributed by atoms with Crippen molar-refractivity contribution in [3.05, 3.63) is 42.1 Å². The minimum Gasteiger partial charge on any atom is -0.492 e. The van der Waals surface area contributed by atoms with Crippen LogP contribution < -0.4 is 19.5 Å². The number of carbonyl (C=O) groups is 4. The lowest BCUT2D eigenvalue weighted by molar-refractivity contribution is -0.222. The number of benzene rings is 1. The number of sulfonamides is 1. The van der Waals surface area contributed by atoms with Crippen LogP contribution in [0.15, 0.2) is 36.5 Å². The summed E-state index contributed by atoms with van der Waals surface area (Å²) in [5.74, 6) is -3.73. The smallest absolute Gasteiger partial charge is 0.411 e. The Morgan fingerprint density at radius 3 is 2.52 bits per heavy atom. The maximum atomic E-state index is 15.0. The molecule has 0 radical (unpaired) electrons. The molecule has 0 bridgehead atoms. The molecule has 3 aliphatic heterocycles. The lowest BCUT2D eigenvalue weighted by Crippen LogP contribution is -2.66. The highest BCUT2D eigenvalue weighted by Gasteiger charge is 2.64. The van der Waals surface area contributed by atoms with E-state index in [1.54, 1.807) is 12.1 Å². The average molecular weight is 834 g/mol. The number of alkyl halides is 3. The first-order valence-electron chi connectivity index (χ1n) is 19.8. The zero-order chi connectivity index (χ0) is 42.2. The predicted octanol–water partition coefficient (Wildman–Crippen LogP) is 5.09. The Hall–Kier alpha value is -4.61. The van der Waals surface area contributed by atoms with Crippen LogP contribution in [0.5, 0.6) is 11.6 Å². The SMILES string of the molecule is C[C@@H]1CC/C=C\[C@@H]2C[C@@]2(C(=O)NS(=O)(=O)C2(C)CC2)NC(=O)[C@@H]2C[C@@H](Oc3nccc4c5c(ccc34)CCO5)CN2C(=O)[C@@H](N(C(=O)O)C(C)(C)C(F)(F)F)[C@H](C)C1. The van der Waals surface area contributed by atoms with Gasteiger partial charge in [-0.2, -0.15) is 13.2 Å². The summed E-state index contributed by atoms with van der Waals surface area (Å²) in [7, 11) is -4.11. The number of fused-ring (bicyclic) bond motifs is 5. The molecule has 2 aromatic rings. The van der Waals surface area contributed by atoms with Gasteiger partial charge < -0.3 is 24.8 Å². The van der Waals surface area contributed by atoms with E-state index in [-0.39, 0.29) is 42.5 Å². The van der Waals surface area contributed by atoms with Gasteiger partial charge in [-0.15, -0.1) is 0 Å². The van der Waals surface area contributed by atoms with Gasteiger partial charge in [0.15, 0.2) is 0 Å². The number of carbonyl (C=O) groups excluding carboxylic acids is 3. The van der Waals surface area contributed by atoms with Crippen LogP contribution in [0.2, 0.25) is 0 Å². The van der Waals surface area contributed by atoms with E-state index in [4.69, 9.17) is 9.47 Å². The van der Waals surface area contributed by atoms with Crippen molar-refractivity contribution in [2.24, 2.45) is 17.8 Å². The second-order valence-electron chi connectivity index (χ2n) is 17.5. The third-order valence-corrected chi connectivity index (χ3v) is 15.0. The van der Waals surface area contributed by atoms with Crippen LogP contribution in [0.25, 0.3) is 10.8 Å². The molecule has 316 valence electrons. The molecule has 1 aromatic carbocycles. The molecule has 14 nitrogen and oxygen atoms in total. The highest BCUT2D eigenvalue weighted by molar-refractivity contribution is 7.91. The number of ether oxygens (including phenoxy) is 2. The summed E-state index contributed by atoms with van der Waals surface area (Å²) in [6.45, 7) is 6.46. The van der Waals surface area contributed by atoms with E-state index in [2.05, 4.69) is 15.0 Å². The van der Waals surface area contributed by atoms with E-state index >= 15 is 4.79 Å². The summed E-state index contributed by atoms with van der Waals surface area (Å²) in [6, 6.07) is 2.12. The molecule has 7 atom stereocenters. The summed E-state index contributed by atoms with van der Waals surface area (Å²) in [6.07, 6.45) is -0.511. The quantitative estimate of drug-likeness (QED) is 0.318. The van der Waals surface area contributed by atoms with Gasteiger partial charge in [0.05, 0.1) is 17.9 Å². The van der Waals surface area contributed by atoms with Gasteiger partial charge in [0.2, 0.25) is 27.7 Å². The molecule has 0 unspecified atom stereocenters. The van der Waals surface area contributed by atoms with Gasteiger partial charge in [-0.3, -0.25) is 24.0 Å². The minimum atomic E-state index is -5.09. The van der Waals surface area contributed by atoms with Crippen molar-refractivity contribution in [3.8, 4) is 11.6 Å². The van der Waals surface area contributed by atoms with Crippen LogP contribution in [0.3, 0.4) is 0 Å². The van der Waals surface area contributed by atoms with Gasteiger partial charge in [-0.25, -0.2) is 18.2 Å². The van der Waals surface area contributed by atoms with Crippen molar-refractivity contribution in [1.82, 2.24) is 24.8 Å². The van der Waals surface area contributed by atoms with Gasteiger partial charge in [-0.05, 0) is 88.8 Å². The number of amides is 4. The van der Waals surface area contributed by atoms with Gasteiger partial charge in [0, 0.05) is 35.7 Å². The molecular weight excluding hydrogens is 784 g/mol. The third kappa shape index (κ3) is 7.33. The Labute approximate surface area is 334 Å². The van der Waals surface area contributed by atoms with Gasteiger partial charge in [-0.1, -0.05) is 32.1 Å². The molecule has 3 fully saturated rings. The summed E-state index contributed by atoms with van der Waals surface area (Å²) in [5, 5.41) is 14.5. The Kier molecular flexibility index (Phi) is 10.4. The molecule has 4 amide bonds. The number of allylic oxidation sites excluding steroid dienone is 1. The van der Waals surface area contributed by atoms with Crippen molar-refractivity contribution in [1.29, 1.82) is 0 Å². The van der Waals surface area contributed by atoms with Crippen LogP contribution in [0, 0.1) is 17.8 Å². The standard InChI is InChI=1S/C40H50F3N5O9S/c1-22-8-6-7-9-25-20-39(25,35(51)46-58(54,55)38(5)14-15-38)45-32(49)29-19-26(57-33-28-11-10-24-13-17-56-31(24)27(28)12-16-44-33)21-47(29)34(50)30(23(2)18-22)48(36(52)53)37(3,4)40(41,42)43/h7,9-12,16,22-23,25-26,29-30H,6,8,13-15,17-21H2,1-5H3,(H,45,49)(H,46,51)(H,52,53)/b9-7-/t22-,23-,25-,26-,29+,30+,39-/m1/s1. The van der Waals surface area contributed by atoms with Crippen molar-refractivity contribution in [3.63, 3.8) is 0 Å². The second kappa shape index (κ2) is 14.6. The summed E-state index contributed by atoms with van der Waals surface area (Å²) in [5.41, 5.74) is -3.73. The highest BCUT2D eigenvalue weighted by atomic mass is 32.2. The van der Waals surface area contributed by atoms with Crippen LogP contribution in [0.4, 0.5) is 18.0 Å². The van der Waals surface area contributed by atoms with E-state index < -0.39 is 85.9 Å². The normalized spacial score (nSPS) is 30.4. The summed E-state index contributed by atoms with van der Waals surface area (Å²) >= 11 is 0. The number of aromatic nitrogens is 1. The fourth-order valence-corrected chi connectivity index (χ4v) is 10.0. The molecule has 1 aromatic heterocycles. The van der Waals surface area contributed by atoms with E-state index in [1.165, 1.54) is 20.0 Å². The molecule has 5 aliphatic rings. The van der Waals surface area contributed by atoms with Gasteiger partial charge >= 0.3 is 12.3 Å². The fourth-order valence-electron chi connectivity index (χ4n) is 8.71. The first-order valence-corrected chi connectivity index (χ1v) is 21.2. The minimum absolute atomic E-state index is 0.0575. The van der Waals surface area contributed by atoms with Crippen molar-refractivity contribution in [2.45, 2.75) is 126 Å². The number of halogens is 3. The maximum Gasteiger partial charge on any atom is 0.411 e. The monoisotopic (exact) mass is 833 g/mol.